The fourth-order valence-corrected chi connectivity index (χ4v) is 3.21. The fraction of sp³-hybridized carbons (Fsp3) is 0.353. The third-order valence-electron chi connectivity index (χ3n) is 4.27. The lowest BCUT2D eigenvalue weighted by atomic mass is 9.85. The molecule has 5 nitrogen and oxygen atoms in total. The Labute approximate surface area is 144 Å². The average Bonchev–Trinajstić information content (AvgIpc) is 2.58. The molecule has 2 aromatic rings. The van der Waals surface area contributed by atoms with Crippen LogP contribution in [0.25, 0.3) is 11.3 Å². The fourth-order valence-electron chi connectivity index (χ4n) is 3.01. The van der Waals surface area contributed by atoms with Gasteiger partial charge in [0.25, 0.3) is 0 Å². The number of aromatic nitrogens is 2. The Bertz CT molecular complexity index is 738. The number of primary amides is 1. The van der Waals surface area contributed by atoms with Gasteiger partial charge in [-0.1, -0.05) is 18.0 Å². The van der Waals surface area contributed by atoms with Gasteiger partial charge in [-0.15, -0.1) is 0 Å². The minimum Gasteiger partial charge on any atom is -0.369 e. The van der Waals surface area contributed by atoms with Crippen molar-refractivity contribution in [1.82, 2.24) is 9.97 Å². The van der Waals surface area contributed by atoms with Gasteiger partial charge in [-0.2, -0.15) is 0 Å². The lowest BCUT2D eigenvalue weighted by Crippen LogP contribution is -2.34. The number of hydrogen-bond acceptors (Lipinski definition) is 4. The molecule has 1 heterocycles. The predicted octanol–water partition coefficient (Wildman–Crippen LogP) is 3.39. The molecule has 0 radical (unpaired) electrons. The zero-order valence-corrected chi connectivity index (χ0v) is 13.8. The maximum absolute atomic E-state index is 13.1. The van der Waals surface area contributed by atoms with E-state index in [2.05, 4.69) is 15.3 Å². The minimum absolute atomic E-state index is 0.0958. The number of benzene rings is 1. The molecule has 1 aromatic carbocycles. The van der Waals surface area contributed by atoms with Crippen molar-refractivity contribution in [1.29, 1.82) is 0 Å². The number of carbonyl (C=O) groups excluding carboxylic acids is 1. The molecule has 1 fully saturated rings. The first-order chi connectivity index (χ1) is 11.5. The summed E-state index contributed by atoms with van der Waals surface area (Å²) in [6.07, 6.45) is 4.89. The second-order valence-electron chi connectivity index (χ2n) is 6.00. The highest BCUT2D eigenvalue weighted by Gasteiger charge is 2.26. The van der Waals surface area contributed by atoms with E-state index in [9.17, 15) is 9.18 Å². The molecule has 1 amide bonds. The van der Waals surface area contributed by atoms with Crippen LogP contribution >= 0.6 is 11.6 Å². The molecule has 24 heavy (non-hydrogen) atoms. The van der Waals surface area contributed by atoms with E-state index in [1.165, 1.54) is 18.3 Å². The monoisotopic (exact) mass is 348 g/mol. The number of amides is 1. The Kier molecular flexibility index (Phi) is 4.94. The molecule has 1 aliphatic carbocycles. The molecule has 126 valence electrons. The Morgan fingerprint density at radius 1 is 1.29 bits per heavy atom. The summed E-state index contributed by atoms with van der Waals surface area (Å²) in [5.41, 5.74) is 6.66. The number of carbonyl (C=O) groups is 1. The van der Waals surface area contributed by atoms with Crippen LogP contribution in [0, 0.1) is 11.7 Å². The van der Waals surface area contributed by atoms with E-state index < -0.39 is 0 Å². The lowest BCUT2D eigenvalue weighted by Gasteiger charge is -2.28. The van der Waals surface area contributed by atoms with Gasteiger partial charge in [-0.3, -0.25) is 4.79 Å². The number of hydrogen-bond donors (Lipinski definition) is 2. The lowest BCUT2D eigenvalue weighted by molar-refractivity contribution is -0.122. The SMILES string of the molecule is NC(=O)[C@@H]1CCC[C@H](Nc2ncc(Cl)c(-c3ccc(F)cc3)n2)C1. The van der Waals surface area contributed by atoms with Crippen molar-refractivity contribution in [3.05, 3.63) is 41.3 Å². The van der Waals surface area contributed by atoms with Crippen LogP contribution in [-0.2, 0) is 4.79 Å². The number of nitrogens with one attached hydrogen (secondary N) is 1. The highest BCUT2D eigenvalue weighted by molar-refractivity contribution is 6.32. The van der Waals surface area contributed by atoms with Gasteiger partial charge in [0.15, 0.2) is 0 Å². The summed E-state index contributed by atoms with van der Waals surface area (Å²) in [5, 5.41) is 3.65. The van der Waals surface area contributed by atoms with Crippen molar-refractivity contribution in [2.75, 3.05) is 5.32 Å². The summed E-state index contributed by atoms with van der Waals surface area (Å²) < 4.78 is 13.1. The van der Waals surface area contributed by atoms with E-state index in [1.807, 2.05) is 0 Å². The summed E-state index contributed by atoms with van der Waals surface area (Å²) in [7, 11) is 0. The van der Waals surface area contributed by atoms with Crippen molar-refractivity contribution in [2.45, 2.75) is 31.7 Å². The maximum Gasteiger partial charge on any atom is 0.223 e. The molecule has 0 bridgehead atoms. The van der Waals surface area contributed by atoms with E-state index in [-0.39, 0.29) is 23.7 Å². The van der Waals surface area contributed by atoms with Crippen molar-refractivity contribution in [3.8, 4) is 11.3 Å². The summed E-state index contributed by atoms with van der Waals surface area (Å²) >= 11 is 6.17. The second-order valence-corrected chi connectivity index (χ2v) is 6.41. The summed E-state index contributed by atoms with van der Waals surface area (Å²) in [4.78, 5) is 20.0. The molecular weight excluding hydrogens is 331 g/mol. The van der Waals surface area contributed by atoms with E-state index in [4.69, 9.17) is 17.3 Å². The first-order valence-corrected chi connectivity index (χ1v) is 8.25. The summed E-state index contributed by atoms with van der Waals surface area (Å²) in [6.45, 7) is 0. The highest BCUT2D eigenvalue weighted by atomic mass is 35.5. The van der Waals surface area contributed by atoms with Gasteiger partial charge in [0, 0.05) is 17.5 Å². The summed E-state index contributed by atoms with van der Waals surface area (Å²) in [6, 6.07) is 6.06. The van der Waals surface area contributed by atoms with Crippen LogP contribution in [0.15, 0.2) is 30.5 Å². The Balaban J connectivity index is 1.78. The Morgan fingerprint density at radius 3 is 2.75 bits per heavy atom. The third-order valence-corrected chi connectivity index (χ3v) is 4.55. The van der Waals surface area contributed by atoms with Gasteiger partial charge >= 0.3 is 0 Å². The number of halogens is 2. The van der Waals surface area contributed by atoms with Crippen molar-refractivity contribution in [2.24, 2.45) is 11.7 Å². The van der Waals surface area contributed by atoms with E-state index >= 15 is 0 Å². The minimum atomic E-state index is -0.318. The number of anilines is 1. The van der Waals surface area contributed by atoms with Crippen LogP contribution in [0.3, 0.4) is 0 Å². The van der Waals surface area contributed by atoms with Crippen LogP contribution < -0.4 is 11.1 Å². The van der Waals surface area contributed by atoms with Gasteiger partial charge < -0.3 is 11.1 Å². The molecule has 2 atom stereocenters. The first kappa shape index (κ1) is 16.6. The van der Waals surface area contributed by atoms with E-state index in [1.54, 1.807) is 12.1 Å². The van der Waals surface area contributed by atoms with E-state index in [0.717, 1.165) is 19.3 Å². The van der Waals surface area contributed by atoms with Crippen molar-refractivity contribution >= 4 is 23.5 Å². The molecule has 0 unspecified atom stereocenters. The molecule has 7 heteroatoms. The molecule has 0 saturated heterocycles. The van der Waals surface area contributed by atoms with Gasteiger partial charge in [0.1, 0.15) is 5.82 Å². The molecule has 1 aliphatic rings. The van der Waals surface area contributed by atoms with Crippen molar-refractivity contribution < 1.29 is 9.18 Å². The zero-order valence-electron chi connectivity index (χ0n) is 13.0. The zero-order chi connectivity index (χ0) is 17.1. The first-order valence-electron chi connectivity index (χ1n) is 7.87. The topological polar surface area (TPSA) is 80.9 Å². The van der Waals surface area contributed by atoms with Crippen LogP contribution in [-0.4, -0.2) is 21.9 Å². The maximum atomic E-state index is 13.1. The quantitative estimate of drug-likeness (QED) is 0.887. The van der Waals surface area contributed by atoms with Gasteiger partial charge in [-0.05, 0) is 43.5 Å². The molecule has 1 saturated carbocycles. The normalized spacial score (nSPS) is 20.6. The standard InChI is InChI=1S/C17H18ClFN4O/c18-14-9-21-17(22-13-3-1-2-11(8-13)16(20)24)23-15(14)10-4-6-12(19)7-5-10/h4-7,9,11,13H,1-3,8H2,(H2,20,24)(H,21,22,23)/t11-,13+/m1/s1. The third kappa shape index (κ3) is 3.82. The molecular formula is C17H18ClFN4O. The average molecular weight is 349 g/mol. The van der Waals surface area contributed by atoms with Gasteiger partial charge in [0.2, 0.25) is 11.9 Å². The summed E-state index contributed by atoms with van der Waals surface area (Å²) in [5.74, 6) is -0.249. The van der Waals surface area contributed by atoms with Crippen LogP contribution in [0.2, 0.25) is 5.02 Å². The largest absolute Gasteiger partial charge is 0.369 e. The van der Waals surface area contributed by atoms with Gasteiger partial charge in [-0.25, -0.2) is 14.4 Å². The molecule has 0 spiro atoms. The predicted molar refractivity (Wildman–Crippen MR) is 91.0 cm³/mol. The van der Waals surface area contributed by atoms with Crippen LogP contribution in [0.4, 0.5) is 10.3 Å². The molecule has 0 aliphatic heterocycles. The smallest absolute Gasteiger partial charge is 0.223 e. The number of nitrogens with zero attached hydrogens (tertiary/aromatic N) is 2. The molecule has 1 aromatic heterocycles. The molecule has 3 N–H and O–H groups in total. The second kappa shape index (κ2) is 7.13. The Morgan fingerprint density at radius 2 is 2.04 bits per heavy atom. The van der Waals surface area contributed by atoms with Crippen LogP contribution in [0.5, 0.6) is 0 Å². The molecule has 3 rings (SSSR count). The van der Waals surface area contributed by atoms with Gasteiger partial charge in [0.05, 0.1) is 16.9 Å². The van der Waals surface area contributed by atoms with E-state index in [0.29, 0.717) is 28.6 Å². The Hall–Kier alpha value is -2.21. The number of nitrogens with two attached hydrogens (primary N) is 1. The number of rotatable bonds is 4. The highest BCUT2D eigenvalue weighted by Crippen LogP contribution is 2.29. The van der Waals surface area contributed by atoms with Crippen molar-refractivity contribution in [3.63, 3.8) is 0 Å². The van der Waals surface area contributed by atoms with Crippen LogP contribution in [0.1, 0.15) is 25.7 Å².